The molecule has 0 spiro atoms. The van der Waals surface area contributed by atoms with Crippen LogP contribution in [0.25, 0.3) is 10.6 Å². The Bertz CT molecular complexity index is 1140. The number of nitrogens with one attached hydrogen (secondary N) is 3. The predicted molar refractivity (Wildman–Crippen MR) is 128 cm³/mol. The highest BCUT2D eigenvalue weighted by atomic mass is 32.1. The van der Waals surface area contributed by atoms with Crippen molar-refractivity contribution in [1.82, 2.24) is 25.8 Å². The van der Waals surface area contributed by atoms with Crippen molar-refractivity contribution in [2.75, 3.05) is 0 Å². The van der Waals surface area contributed by atoms with Gasteiger partial charge in [0, 0.05) is 29.2 Å². The van der Waals surface area contributed by atoms with Gasteiger partial charge in [0.25, 0.3) is 5.91 Å². The van der Waals surface area contributed by atoms with Crippen molar-refractivity contribution in [2.45, 2.75) is 63.5 Å². The second-order valence-electron chi connectivity index (χ2n) is 9.86. The molecule has 0 radical (unpaired) electrons. The van der Waals surface area contributed by atoms with Gasteiger partial charge in [0.05, 0.1) is 11.6 Å². The summed E-state index contributed by atoms with van der Waals surface area (Å²) in [6, 6.07) is 10.2. The van der Waals surface area contributed by atoms with Gasteiger partial charge in [0.1, 0.15) is 10.7 Å². The summed E-state index contributed by atoms with van der Waals surface area (Å²) < 4.78 is 0. The lowest BCUT2D eigenvalue weighted by atomic mass is 9.85. The number of thiazole rings is 1. The third-order valence-electron chi connectivity index (χ3n) is 7.22. The maximum absolute atomic E-state index is 13.5. The van der Waals surface area contributed by atoms with Crippen LogP contribution < -0.4 is 10.6 Å². The number of H-pyrrole nitrogens is 1. The Morgan fingerprint density at radius 3 is 2.52 bits per heavy atom. The Kier molecular flexibility index (Phi) is 5.56. The number of benzene rings is 1. The molecule has 3 atom stereocenters. The fourth-order valence-corrected chi connectivity index (χ4v) is 6.03. The van der Waals surface area contributed by atoms with Gasteiger partial charge in [-0.15, -0.1) is 11.3 Å². The zero-order valence-electron chi connectivity index (χ0n) is 18.9. The van der Waals surface area contributed by atoms with Gasteiger partial charge in [-0.25, -0.2) is 4.98 Å². The first-order valence-electron chi connectivity index (χ1n) is 11.5. The minimum Gasteiger partial charge on any atom is -0.353 e. The highest BCUT2D eigenvalue weighted by Crippen LogP contribution is 2.64. The smallest absolute Gasteiger partial charge is 0.270 e. The second-order valence-corrected chi connectivity index (χ2v) is 10.7. The third kappa shape index (κ3) is 4.08. The number of hydrogen-bond donors (Lipinski definition) is 3. The molecule has 172 valence electrons. The van der Waals surface area contributed by atoms with Crippen LogP contribution in [0.4, 0.5) is 0 Å². The molecular weight excluding hydrogens is 434 g/mol. The summed E-state index contributed by atoms with van der Waals surface area (Å²) in [5.41, 5.74) is 1.86. The molecule has 8 heteroatoms. The molecule has 0 bridgehead atoms. The molecule has 2 aromatic heterocycles. The van der Waals surface area contributed by atoms with Gasteiger partial charge in [-0.1, -0.05) is 44.2 Å². The number of carbonyl (C=O) groups excluding carboxylic acids is 2. The minimum atomic E-state index is -0.464. The Morgan fingerprint density at radius 1 is 1.12 bits per heavy atom. The molecule has 0 aliphatic heterocycles. The SMILES string of the molecule is CC1(C)CC1(C(=O)NC1CCCC(NC(=O)c2csc(-c3cn[nH]c3)n2)C1)c1ccccc1. The molecule has 2 amide bonds. The van der Waals surface area contributed by atoms with Crippen LogP contribution in [-0.4, -0.2) is 39.1 Å². The average Bonchev–Trinajstić information content (AvgIpc) is 3.25. The highest BCUT2D eigenvalue weighted by Gasteiger charge is 2.67. The lowest BCUT2D eigenvalue weighted by Crippen LogP contribution is -2.49. The molecule has 2 fully saturated rings. The first-order valence-corrected chi connectivity index (χ1v) is 12.4. The average molecular weight is 464 g/mol. The third-order valence-corrected chi connectivity index (χ3v) is 8.11. The van der Waals surface area contributed by atoms with E-state index in [0.29, 0.717) is 5.69 Å². The monoisotopic (exact) mass is 463 g/mol. The van der Waals surface area contributed by atoms with Gasteiger partial charge in [0.2, 0.25) is 5.91 Å². The van der Waals surface area contributed by atoms with Gasteiger partial charge < -0.3 is 10.6 Å². The van der Waals surface area contributed by atoms with Gasteiger partial charge >= 0.3 is 0 Å². The van der Waals surface area contributed by atoms with Gasteiger partial charge in [-0.2, -0.15) is 5.10 Å². The Morgan fingerprint density at radius 2 is 1.85 bits per heavy atom. The summed E-state index contributed by atoms with van der Waals surface area (Å²) >= 11 is 1.42. The molecular formula is C25H29N5O2S. The predicted octanol–water partition coefficient (Wildman–Crippen LogP) is 4.06. The first kappa shape index (κ1) is 21.8. The standard InChI is InChI=1S/C25H29N5O2S/c1-24(2)15-25(24,17-7-4-3-5-8-17)23(32)29-19-10-6-9-18(11-19)28-21(31)20-14-33-22(30-20)16-12-26-27-13-16/h3-5,7-8,12-14,18-19H,6,9-11,15H2,1-2H3,(H,26,27)(H,28,31)(H,29,32). The summed E-state index contributed by atoms with van der Waals surface area (Å²) in [5.74, 6) is -0.0537. The molecule has 3 N–H and O–H groups in total. The number of hydrogen-bond acceptors (Lipinski definition) is 5. The number of rotatable bonds is 6. The molecule has 1 aromatic carbocycles. The van der Waals surface area contributed by atoms with Gasteiger partial charge in [-0.3, -0.25) is 14.7 Å². The van der Waals surface area contributed by atoms with Crippen molar-refractivity contribution in [1.29, 1.82) is 0 Å². The molecule has 33 heavy (non-hydrogen) atoms. The van der Waals surface area contributed by atoms with Gasteiger partial charge in [-0.05, 0) is 43.1 Å². The van der Waals surface area contributed by atoms with E-state index in [1.165, 1.54) is 11.3 Å². The van der Waals surface area contributed by atoms with E-state index in [1.54, 1.807) is 17.8 Å². The van der Waals surface area contributed by atoms with Crippen LogP contribution in [0.5, 0.6) is 0 Å². The van der Waals surface area contributed by atoms with E-state index in [4.69, 9.17) is 0 Å². The van der Waals surface area contributed by atoms with Crippen LogP contribution in [0.2, 0.25) is 0 Å². The minimum absolute atomic E-state index is 0.0236. The Hall–Kier alpha value is -3.00. The number of nitrogens with zero attached hydrogens (tertiary/aromatic N) is 2. The van der Waals surface area contributed by atoms with Crippen LogP contribution in [0, 0.1) is 5.41 Å². The van der Waals surface area contributed by atoms with Crippen LogP contribution >= 0.6 is 11.3 Å². The van der Waals surface area contributed by atoms with Crippen molar-refractivity contribution in [3.05, 3.63) is 59.4 Å². The zero-order chi connectivity index (χ0) is 23.1. The molecule has 2 aliphatic rings. The van der Waals surface area contributed by atoms with Crippen LogP contribution in [0.3, 0.4) is 0 Å². The summed E-state index contributed by atoms with van der Waals surface area (Å²) in [7, 11) is 0. The van der Waals surface area contributed by atoms with E-state index >= 15 is 0 Å². The number of amides is 2. The second kappa shape index (κ2) is 8.41. The van der Waals surface area contributed by atoms with E-state index < -0.39 is 5.41 Å². The topological polar surface area (TPSA) is 99.8 Å². The highest BCUT2D eigenvalue weighted by molar-refractivity contribution is 7.13. The number of aromatic amines is 1. The molecule has 2 aliphatic carbocycles. The molecule has 2 saturated carbocycles. The Balaban J connectivity index is 1.21. The van der Waals surface area contributed by atoms with E-state index in [1.807, 2.05) is 18.2 Å². The fraction of sp³-hybridized carbons (Fsp3) is 0.440. The van der Waals surface area contributed by atoms with Crippen molar-refractivity contribution in [3.63, 3.8) is 0 Å². The fourth-order valence-electron chi connectivity index (χ4n) is 5.25. The molecule has 7 nitrogen and oxygen atoms in total. The maximum atomic E-state index is 13.5. The van der Waals surface area contributed by atoms with Crippen LogP contribution in [0.15, 0.2) is 48.1 Å². The van der Waals surface area contributed by atoms with E-state index in [-0.39, 0.29) is 29.3 Å². The van der Waals surface area contributed by atoms with Crippen molar-refractivity contribution in [3.8, 4) is 10.6 Å². The summed E-state index contributed by atoms with van der Waals surface area (Å²) in [4.78, 5) is 30.7. The van der Waals surface area contributed by atoms with Crippen molar-refractivity contribution in [2.24, 2.45) is 5.41 Å². The van der Waals surface area contributed by atoms with E-state index in [2.05, 4.69) is 51.8 Å². The number of carbonyl (C=O) groups is 2. The van der Waals surface area contributed by atoms with E-state index in [0.717, 1.165) is 48.2 Å². The molecule has 5 rings (SSSR count). The lowest BCUT2D eigenvalue weighted by molar-refractivity contribution is -0.125. The van der Waals surface area contributed by atoms with E-state index in [9.17, 15) is 9.59 Å². The zero-order valence-corrected chi connectivity index (χ0v) is 19.7. The molecule has 2 heterocycles. The lowest BCUT2D eigenvalue weighted by Gasteiger charge is -2.32. The van der Waals surface area contributed by atoms with Crippen molar-refractivity contribution >= 4 is 23.2 Å². The summed E-state index contributed by atoms with van der Waals surface area (Å²) in [6.07, 6.45) is 7.86. The first-order chi connectivity index (χ1) is 15.9. The normalized spacial score (nSPS) is 25.9. The van der Waals surface area contributed by atoms with Gasteiger partial charge in [0.15, 0.2) is 0 Å². The number of aromatic nitrogens is 3. The quantitative estimate of drug-likeness (QED) is 0.513. The molecule has 3 aromatic rings. The molecule has 3 unspecified atom stereocenters. The summed E-state index contributed by atoms with van der Waals surface area (Å²) in [5, 5.41) is 15.7. The maximum Gasteiger partial charge on any atom is 0.270 e. The van der Waals surface area contributed by atoms with Crippen LogP contribution in [-0.2, 0) is 10.2 Å². The van der Waals surface area contributed by atoms with Crippen molar-refractivity contribution < 1.29 is 9.59 Å². The van der Waals surface area contributed by atoms with Crippen LogP contribution in [0.1, 0.15) is 62.0 Å². The largest absolute Gasteiger partial charge is 0.353 e. The molecule has 0 saturated heterocycles. The summed E-state index contributed by atoms with van der Waals surface area (Å²) in [6.45, 7) is 4.32. The Labute approximate surface area is 197 Å².